The molecular formula is C19H18N4O5S5. The molecule has 1 aromatic carbocycles. The van der Waals surface area contributed by atoms with E-state index in [0.29, 0.717) is 0 Å². The third-order valence-corrected chi connectivity index (χ3v) is 10.9. The predicted octanol–water partition coefficient (Wildman–Crippen LogP) is 3.63. The van der Waals surface area contributed by atoms with Crippen LogP contribution >= 0.6 is 34.4 Å². The van der Waals surface area contributed by atoms with Crippen molar-refractivity contribution in [3.8, 4) is 0 Å². The predicted molar refractivity (Wildman–Crippen MR) is 134 cm³/mol. The number of benzene rings is 1. The molecule has 174 valence electrons. The lowest BCUT2D eigenvalue weighted by Crippen LogP contribution is -2.21. The van der Waals surface area contributed by atoms with E-state index < -0.39 is 26.0 Å². The van der Waals surface area contributed by atoms with Gasteiger partial charge in [-0.3, -0.25) is 14.2 Å². The molecular weight excluding hydrogens is 525 g/mol. The molecule has 1 amide bonds. The molecule has 33 heavy (non-hydrogen) atoms. The molecule has 0 atom stereocenters. The van der Waals surface area contributed by atoms with Crippen LogP contribution in [0.4, 0.5) is 11.4 Å². The van der Waals surface area contributed by atoms with Gasteiger partial charge in [0.25, 0.3) is 26.0 Å². The number of nitrogens with zero attached hydrogens (tertiary/aromatic N) is 1. The molecule has 1 aliphatic heterocycles. The highest BCUT2D eigenvalue weighted by Gasteiger charge is 2.20. The summed E-state index contributed by atoms with van der Waals surface area (Å²) in [6, 6.07) is 10.1. The number of carbonyl (C=O) groups excluding carboxylic acids is 1. The van der Waals surface area contributed by atoms with Crippen molar-refractivity contribution in [3.63, 3.8) is 0 Å². The van der Waals surface area contributed by atoms with Crippen LogP contribution in [0.1, 0.15) is 16.8 Å². The molecule has 0 saturated carbocycles. The third-order valence-electron chi connectivity index (χ3n) is 4.34. The van der Waals surface area contributed by atoms with E-state index in [0.717, 1.165) is 46.3 Å². The lowest BCUT2D eigenvalue weighted by Gasteiger charge is -2.13. The van der Waals surface area contributed by atoms with Gasteiger partial charge in [0, 0.05) is 17.0 Å². The Balaban J connectivity index is 1.66. The second kappa shape index (κ2) is 9.85. The van der Waals surface area contributed by atoms with Gasteiger partial charge in [-0.15, -0.1) is 22.7 Å². The van der Waals surface area contributed by atoms with Crippen LogP contribution in [0.5, 0.6) is 0 Å². The maximum absolute atomic E-state index is 12.7. The molecule has 3 N–H and O–H groups in total. The highest BCUT2D eigenvalue weighted by Crippen LogP contribution is 2.27. The minimum absolute atomic E-state index is 0.0315. The first-order valence-electron chi connectivity index (χ1n) is 9.44. The number of sulfonamides is 2. The second-order valence-corrected chi connectivity index (χ2v) is 13.6. The highest BCUT2D eigenvalue weighted by molar-refractivity contribution is 8.00. The van der Waals surface area contributed by atoms with E-state index in [1.165, 1.54) is 30.3 Å². The largest absolute Gasteiger partial charge is 0.279 e. The van der Waals surface area contributed by atoms with E-state index in [1.807, 2.05) is 0 Å². The summed E-state index contributed by atoms with van der Waals surface area (Å²) in [5.74, 6) is 1.07. The summed E-state index contributed by atoms with van der Waals surface area (Å²) in [4.78, 5) is 12.7. The average Bonchev–Trinajstić information content (AvgIpc) is 3.54. The smallest absolute Gasteiger partial charge is 0.271 e. The van der Waals surface area contributed by atoms with Crippen LogP contribution in [0, 0.1) is 0 Å². The van der Waals surface area contributed by atoms with Crippen molar-refractivity contribution in [1.29, 1.82) is 0 Å². The lowest BCUT2D eigenvalue weighted by molar-refractivity contribution is 0.0954. The van der Waals surface area contributed by atoms with Gasteiger partial charge in [-0.25, -0.2) is 22.3 Å². The first-order valence-corrected chi connectivity index (χ1v) is 15.3. The molecule has 0 spiro atoms. The molecule has 3 heterocycles. The fourth-order valence-electron chi connectivity index (χ4n) is 2.85. The van der Waals surface area contributed by atoms with Gasteiger partial charge in [-0.2, -0.15) is 16.9 Å². The van der Waals surface area contributed by atoms with Crippen LogP contribution in [-0.2, 0) is 20.0 Å². The molecule has 0 unspecified atom stereocenters. The summed E-state index contributed by atoms with van der Waals surface area (Å²) in [5.41, 5.74) is 3.41. The molecule has 4 rings (SSSR count). The Morgan fingerprint density at radius 2 is 1.45 bits per heavy atom. The number of thioether (sulfide) groups is 1. The number of hydrazone groups is 1. The summed E-state index contributed by atoms with van der Waals surface area (Å²) >= 11 is 3.78. The Morgan fingerprint density at radius 3 is 1.91 bits per heavy atom. The molecule has 0 aliphatic carbocycles. The van der Waals surface area contributed by atoms with Crippen LogP contribution in [0.3, 0.4) is 0 Å². The van der Waals surface area contributed by atoms with E-state index >= 15 is 0 Å². The minimum Gasteiger partial charge on any atom is -0.279 e. The van der Waals surface area contributed by atoms with E-state index in [-0.39, 0.29) is 25.4 Å². The molecule has 1 saturated heterocycles. The average molecular weight is 543 g/mol. The van der Waals surface area contributed by atoms with Gasteiger partial charge >= 0.3 is 0 Å². The molecule has 3 aromatic rings. The van der Waals surface area contributed by atoms with Gasteiger partial charge in [0.1, 0.15) is 8.42 Å². The number of anilines is 2. The summed E-state index contributed by atoms with van der Waals surface area (Å²) in [6.45, 7) is 0. The minimum atomic E-state index is -3.91. The zero-order chi connectivity index (χ0) is 23.5. The maximum atomic E-state index is 12.7. The molecule has 9 nitrogen and oxygen atoms in total. The Bertz CT molecular complexity index is 1290. The van der Waals surface area contributed by atoms with Gasteiger partial charge in [0.05, 0.1) is 11.4 Å². The molecule has 0 bridgehead atoms. The Labute approximate surface area is 203 Å². The number of thiophene rings is 2. The number of hydrogen-bond acceptors (Lipinski definition) is 9. The maximum Gasteiger partial charge on any atom is 0.271 e. The summed E-state index contributed by atoms with van der Waals surface area (Å²) < 4.78 is 55.6. The topological polar surface area (TPSA) is 134 Å². The van der Waals surface area contributed by atoms with E-state index in [9.17, 15) is 21.6 Å². The molecule has 1 fully saturated rings. The van der Waals surface area contributed by atoms with Gasteiger partial charge in [0.15, 0.2) is 0 Å². The Kier molecular flexibility index (Phi) is 7.09. The first kappa shape index (κ1) is 23.8. The van der Waals surface area contributed by atoms with Crippen LogP contribution in [0.2, 0.25) is 0 Å². The third kappa shape index (κ3) is 5.95. The number of carbonyl (C=O) groups is 1. The fourth-order valence-corrected chi connectivity index (χ4v) is 7.89. The zero-order valence-electron chi connectivity index (χ0n) is 16.8. The standard InChI is InChI=1S/C19H18N4O5S5/c24-19(21-20-14-5-8-29-12-14)13-9-15(22-32(25,26)17-3-1-6-30-17)11-16(10-13)23-33(27,28)18-4-2-7-31-18/h1-4,6-7,9-11,22-23H,5,8,12H2,(H,21,24). The van der Waals surface area contributed by atoms with Gasteiger partial charge in [0.2, 0.25) is 0 Å². The monoisotopic (exact) mass is 542 g/mol. The highest BCUT2D eigenvalue weighted by atomic mass is 32.3. The van der Waals surface area contributed by atoms with Crippen molar-refractivity contribution in [2.75, 3.05) is 20.9 Å². The van der Waals surface area contributed by atoms with Crippen LogP contribution in [-0.4, -0.2) is 40.0 Å². The fraction of sp³-hybridized carbons (Fsp3) is 0.158. The molecule has 0 radical (unpaired) electrons. The van der Waals surface area contributed by atoms with Gasteiger partial charge in [-0.05, 0) is 53.3 Å². The number of amides is 1. The SMILES string of the molecule is O=C(NN=C1CCSC1)c1cc(NS(=O)(=O)c2cccs2)cc(NS(=O)(=O)c2cccs2)c1. The Hall–Kier alpha value is -2.39. The van der Waals surface area contributed by atoms with Crippen molar-refractivity contribution in [2.45, 2.75) is 14.8 Å². The summed E-state index contributed by atoms with van der Waals surface area (Å²) in [5, 5.41) is 7.36. The second-order valence-electron chi connectivity index (χ2n) is 6.80. The quantitative estimate of drug-likeness (QED) is 0.372. The Morgan fingerprint density at radius 1 is 0.879 bits per heavy atom. The lowest BCUT2D eigenvalue weighted by atomic mass is 10.1. The van der Waals surface area contributed by atoms with Gasteiger partial charge in [-0.1, -0.05) is 12.1 Å². The van der Waals surface area contributed by atoms with Crippen molar-refractivity contribution in [1.82, 2.24) is 5.43 Å². The van der Waals surface area contributed by atoms with E-state index in [2.05, 4.69) is 20.0 Å². The van der Waals surface area contributed by atoms with Crippen LogP contribution < -0.4 is 14.9 Å². The molecule has 1 aliphatic rings. The number of nitrogens with one attached hydrogen (secondary N) is 3. The number of rotatable bonds is 8. The zero-order valence-corrected chi connectivity index (χ0v) is 20.9. The molecule has 2 aromatic heterocycles. The van der Waals surface area contributed by atoms with E-state index in [4.69, 9.17) is 0 Å². The van der Waals surface area contributed by atoms with Crippen LogP contribution in [0.15, 0.2) is 66.7 Å². The van der Waals surface area contributed by atoms with Crippen molar-refractivity contribution >= 4 is 77.5 Å². The molecule has 14 heteroatoms. The normalized spacial score (nSPS) is 15.5. The summed E-state index contributed by atoms with van der Waals surface area (Å²) in [6.07, 6.45) is 0.775. The van der Waals surface area contributed by atoms with Crippen molar-refractivity contribution in [2.24, 2.45) is 5.10 Å². The van der Waals surface area contributed by atoms with E-state index in [1.54, 1.807) is 34.7 Å². The first-order chi connectivity index (χ1) is 15.7. The van der Waals surface area contributed by atoms with Crippen molar-refractivity contribution in [3.05, 3.63) is 58.8 Å². The summed E-state index contributed by atoms with van der Waals surface area (Å²) in [7, 11) is -7.82. The number of hydrogen-bond donors (Lipinski definition) is 3. The van der Waals surface area contributed by atoms with Gasteiger partial charge < -0.3 is 0 Å². The van der Waals surface area contributed by atoms with Crippen molar-refractivity contribution < 1.29 is 21.6 Å². The van der Waals surface area contributed by atoms with Crippen LogP contribution in [0.25, 0.3) is 0 Å².